The van der Waals surface area contributed by atoms with E-state index in [1.54, 1.807) is 59.9 Å². The normalized spacial score (nSPS) is 12.0. The third-order valence-corrected chi connectivity index (χ3v) is 4.30. The van der Waals surface area contributed by atoms with Gasteiger partial charge in [-0.1, -0.05) is 19.9 Å². The van der Waals surface area contributed by atoms with E-state index in [1.807, 2.05) is 0 Å². The number of carbonyl (C=O) groups is 4. The van der Waals surface area contributed by atoms with Gasteiger partial charge in [0.05, 0.1) is 13.2 Å². The number of hydrogen-bond donors (Lipinski definition) is 4. The second-order valence-electron chi connectivity index (χ2n) is 8.80. The maximum Gasteiger partial charge on any atom is 0.408 e. The number of aliphatic hydroxyl groups is 1. The number of ether oxygens (including phenoxy) is 1. The van der Waals surface area contributed by atoms with E-state index in [4.69, 9.17) is 4.74 Å². The lowest BCUT2D eigenvalue weighted by Crippen LogP contribution is -2.52. The Morgan fingerprint density at radius 3 is 2.38 bits per heavy atom. The number of hydrogen-bond acceptors (Lipinski definition) is 6. The van der Waals surface area contributed by atoms with Crippen LogP contribution < -0.4 is 16.0 Å². The lowest BCUT2D eigenvalue weighted by atomic mass is 10.0. The molecule has 0 bridgehead atoms. The Morgan fingerprint density at radius 2 is 1.84 bits per heavy atom. The van der Waals surface area contributed by atoms with Crippen molar-refractivity contribution in [3.8, 4) is 0 Å². The standard InChI is InChI=1S/C22H34N4O6/c1-14(2)19(25-21(31)32-22(3,4)5)20(30)23-10-18(29)24-17-8-7-15(12-27)16(9-17)11-26(6)13-28/h7-9,13-14,19,27H,10-12H2,1-6H3,(H,23,30)(H,24,29)(H,25,31). The molecular formula is C22H34N4O6. The highest BCUT2D eigenvalue weighted by Gasteiger charge is 2.27. The Kier molecular flexibility index (Phi) is 10.1. The zero-order chi connectivity index (χ0) is 24.5. The van der Waals surface area contributed by atoms with Gasteiger partial charge in [-0.3, -0.25) is 14.4 Å². The highest BCUT2D eigenvalue weighted by atomic mass is 16.6. The molecule has 0 saturated heterocycles. The Labute approximate surface area is 188 Å². The van der Waals surface area contributed by atoms with Crippen LogP contribution in [0.15, 0.2) is 18.2 Å². The molecule has 0 aromatic heterocycles. The predicted molar refractivity (Wildman–Crippen MR) is 120 cm³/mol. The van der Waals surface area contributed by atoms with Crippen molar-refractivity contribution < 1.29 is 29.0 Å². The second kappa shape index (κ2) is 12.0. The topological polar surface area (TPSA) is 137 Å². The van der Waals surface area contributed by atoms with Gasteiger partial charge in [0.25, 0.3) is 0 Å². The zero-order valence-corrected chi connectivity index (χ0v) is 19.5. The third kappa shape index (κ3) is 9.34. The van der Waals surface area contributed by atoms with Gasteiger partial charge in [0.2, 0.25) is 18.2 Å². The molecule has 0 aliphatic heterocycles. The Hall–Kier alpha value is -3.14. The van der Waals surface area contributed by atoms with Gasteiger partial charge in [0, 0.05) is 19.3 Å². The summed E-state index contributed by atoms with van der Waals surface area (Å²) in [6.07, 6.45) is -0.0501. The number of nitrogens with one attached hydrogen (secondary N) is 3. The largest absolute Gasteiger partial charge is 0.444 e. The number of anilines is 1. The minimum Gasteiger partial charge on any atom is -0.444 e. The molecule has 0 saturated carbocycles. The fourth-order valence-corrected chi connectivity index (χ4v) is 2.76. The van der Waals surface area contributed by atoms with Crippen molar-refractivity contribution >= 4 is 30.0 Å². The van der Waals surface area contributed by atoms with Crippen LogP contribution >= 0.6 is 0 Å². The summed E-state index contributed by atoms with van der Waals surface area (Å²) in [5, 5.41) is 17.2. The van der Waals surface area contributed by atoms with Gasteiger partial charge in [0.1, 0.15) is 11.6 Å². The average Bonchev–Trinajstić information content (AvgIpc) is 2.68. The van der Waals surface area contributed by atoms with Crippen LogP contribution in [0.5, 0.6) is 0 Å². The quantitative estimate of drug-likeness (QED) is 0.398. The summed E-state index contributed by atoms with van der Waals surface area (Å²) in [4.78, 5) is 49.1. The van der Waals surface area contributed by atoms with E-state index >= 15 is 0 Å². The first-order valence-corrected chi connectivity index (χ1v) is 10.3. The first-order chi connectivity index (χ1) is 14.9. The molecule has 0 aliphatic carbocycles. The summed E-state index contributed by atoms with van der Waals surface area (Å²) in [7, 11) is 1.60. The lowest BCUT2D eigenvalue weighted by Gasteiger charge is -2.25. The van der Waals surface area contributed by atoms with E-state index in [2.05, 4.69) is 16.0 Å². The molecule has 0 spiro atoms. The van der Waals surface area contributed by atoms with Gasteiger partial charge in [0.15, 0.2) is 0 Å². The first-order valence-electron chi connectivity index (χ1n) is 10.3. The second-order valence-corrected chi connectivity index (χ2v) is 8.80. The van der Waals surface area contributed by atoms with Gasteiger partial charge in [-0.05, 0) is 49.9 Å². The Bertz CT molecular complexity index is 819. The lowest BCUT2D eigenvalue weighted by molar-refractivity contribution is -0.126. The number of nitrogens with zero attached hydrogens (tertiary/aromatic N) is 1. The molecule has 1 unspecified atom stereocenters. The van der Waals surface area contributed by atoms with Crippen LogP contribution in [0.3, 0.4) is 0 Å². The maximum atomic E-state index is 12.5. The molecule has 0 radical (unpaired) electrons. The molecule has 10 heteroatoms. The molecule has 0 heterocycles. The third-order valence-electron chi connectivity index (χ3n) is 4.30. The molecule has 1 rings (SSSR count). The van der Waals surface area contributed by atoms with Crippen molar-refractivity contribution in [2.24, 2.45) is 5.92 Å². The van der Waals surface area contributed by atoms with E-state index in [-0.39, 0.29) is 25.6 Å². The molecule has 4 N–H and O–H groups in total. The number of aliphatic hydroxyl groups excluding tert-OH is 1. The van der Waals surface area contributed by atoms with Crippen LogP contribution in [-0.4, -0.2) is 59.6 Å². The number of rotatable bonds is 10. The van der Waals surface area contributed by atoms with E-state index in [9.17, 15) is 24.3 Å². The van der Waals surface area contributed by atoms with Gasteiger partial charge < -0.3 is 30.7 Å². The van der Waals surface area contributed by atoms with E-state index in [0.717, 1.165) is 0 Å². The molecule has 0 aliphatic rings. The highest BCUT2D eigenvalue weighted by Crippen LogP contribution is 2.17. The molecular weight excluding hydrogens is 416 g/mol. The number of alkyl carbamates (subject to hydrolysis) is 1. The van der Waals surface area contributed by atoms with Crippen LogP contribution in [0.4, 0.5) is 10.5 Å². The van der Waals surface area contributed by atoms with E-state index < -0.39 is 29.6 Å². The van der Waals surface area contributed by atoms with Crippen molar-refractivity contribution in [3.05, 3.63) is 29.3 Å². The Morgan fingerprint density at radius 1 is 1.19 bits per heavy atom. The highest BCUT2D eigenvalue weighted by molar-refractivity contribution is 5.96. The zero-order valence-electron chi connectivity index (χ0n) is 19.5. The molecule has 1 atom stereocenters. The fraction of sp³-hybridized carbons (Fsp3) is 0.545. The van der Waals surface area contributed by atoms with Crippen molar-refractivity contribution in [2.45, 2.75) is 59.4 Å². The number of carbonyl (C=O) groups excluding carboxylic acids is 4. The minimum atomic E-state index is -0.869. The van der Waals surface area contributed by atoms with Crippen LogP contribution in [0.1, 0.15) is 45.7 Å². The van der Waals surface area contributed by atoms with Crippen molar-refractivity contribution in [1.29, 1.82) is 0 Å². The molecule has 4 amide bonds. The van der Waals surface area contributed by atoms with Crippen LogP contribution in [0.2, 0.25) is 0 Å². The molecule has 1 aromatic carbocycles. The Balaban J connectivity index is 2.72. The smallest absolute Gasteiger partial charge is 0.408 e. The van der Waals surface area contributed by atoms with Crippen LogP contribution in [0.25, 0.3) is 0 Å². The minimum absolute atomic E-state index is 0.201. The van der Waals surface area contributed by atoms with Gasteiger partial charge >= 0.3 is 6.09 Å². The fourth-order valence-electron chi connectivity index (χ4n) is 2.76. The average molecular weight is 451 g/mol. The van der Waals surface area contributed by atoms with Crippen molar-refractivity contribution in [1.82, 2.24) is 15.5 Å². The van der Waals surface area contributed by atoms with Crippen LogP contribution in [0, 0.1) is 5.92 Å². The molecule has 0 fully saturated rings. The summed E-state index contributed by atoms with van der Waals surface area (Å²) in [5.74, 6) is -1.21. The van der Waals surface area contributed by atoms with E-state index in [0.29, 0.717) is 23.2 Å². The molecule has 178 valence electrons. The SMILES string of the molecule is CC(C)C(NC(=O)OC(C)(C)C)C(=O)NCC(=O)Nc1ccc(CO)c(CN(C)C=O)c1. The summed E-state index contributed by atoms with van der Waals surface area (Å²) in [5.41, 5.74) is 1.08. The summed E-state index contributed by atoms with van der Waals surface area (Å²) in [6.45, 7) is 8.46. The van der Waals surface area contributed by atoms with Crippen LogP contribution in [-0.2, 0) is 32.3 Å². The van der Waals surface area contributed by atoms with Gasteiger partial charge in [-0.15, -0.1) is 0 Å². The summed E-state index contributed by atoms with van der Waals surface area (Å²) >= 11 is 0. The first kappa shape index (κ1) is 26.9. The van der Waals surface area contributed by atoms with Gasteiger partial charge in [-0.25, -0.2) is 4.79 Å². The molecule has 10 nitrogen and oxygen atoms in total. The number of amides is 4. The summed E-state index contributed by atoms with van der Waals surface area (Å²) < 4.78 is 5.19. The van der Waals surface area contributed by atoms with Crippen molar-refractivity contribution in [2.75, 3.05) is 18.9 Å². The maximum absolute atomic E-state index is 12.5. The predicted octanol–water partition coefficient (Wildman–Crippen LogP) is 1.37. The van der Waals surface area contributed by atoms with Gasteiger partial charge in [-0.2, -0.15) is 0 Å². The summed E-state index contributed by atoms with van der Waals surface area (Å²) in [6, 6.07) is 4.07. The van der Waals surface area contributed by atoms with Crippen molar-refractivity contribution in [3.63, 3.8) is 0 Å². The number of benzene rings is 1. The van der Waals surface area contributed by atoms with E-state index in [1.165, 1.54) is 4.90 Å². The molecule has 1 aromatic rings. The molecule has 32 heavy (non-hydrogen) atoms. The monoisotopic (exact) mass is 450 g/mol.